The van der Waals surface area contributed by atoms with Crippen molar-refractivity contribution in [3.05, 3.63) is 65.2 Å². The maximum atomic E-state index is 12.8. The number of hydrazine groups is 1. The Morgan fingerprint density at radius 1 is 1.12 bits per heavy atom. The van der Waals surface area contributed by atoms with Gasteiger partial charge in [0.1, 0.15) is 0 Å². The van der Waals surface area contributed by atoms with E-state index in [2.05, 4.69) is 10.7 Å². The number of esters is 1. The molecule has 3 amide bonds. The van der Waals surface area contributed by atoms with E-state index in [1.807, 2.05) is 0 Å². The monoisotopic (exact) mass is 463 g/mol. The van der Waals surface area contributed by atoms with E-state index >= 15 is 0 Å². The van der Waals surface area contributed by atoms with Crippen LogP contribution in [0.2, 0.25) is 0 Å². The van der Waals surface area contributed by atoms with Gasteiger partial charge in [0.2, 0.25) is 5.91 Å². The van der Waals surface area contributed by atoms with Crippen LogP contribution < -0.4 is 10.7 Å². The summed E-state index contributed by atoms with van der Waals surface area (Å²) in [5, 5.41) is 3.23. The predicted molar refractivity (Wildman–Crippen MR) is 109 cm³/mol. The highest BCUT2D eigenvalue weighted by Crippen LogP contribution is 2.30. The van der Waals surface area contributed by atoms with Crippen molar-refractivity contribution in [1.29, 1.82) is 0 Å². The lowest BCUT2D eigenvalue weighted by Gasteiger charge is -2.18. The van der Waals surface area contributed by atoms with Crippen LogP contribution in [0.1, 0.15) is 27.9 Å². The number of anilines is 1. The van der Waals surface area contributed by atoms with E-state index in [0.717, 1.165) is 23.2 Å². The van der Waals surface area contributed by atoms with Gasteiger partial charge < -0.3 is 10.1 Å². The molecule has 2 aromatic carbocycles. The standard InChI is InChI=1S/C22H20F3N3O5/c1-13-5-2-3-8-17(13)20(31)27-28-11-14(9-19(28)30)21(32)33-12-18(29)26-16-7-4-6-15(10-16)22(23,24)25/h2-8,10,14H,9,11-12H2,1H3,(H,26,29)(H,27,31)/t14-/m1/s1. The summed E-state index contributed by atoms with van der Waals surface area (Å²) in [4.78, 5) is 48.7. The molecule has 0 aromatic heterocycles. The summed E-state index contributed by atoms with van der Waals surface area (Å²) in [7, 11) is 0. The molecule has 1 saturated heterocycles. The number of ether oxygens (including phenoxy) is 1. The van der Waals surface area contributed by atoms with Crippen molar-refractivity contribution < 1.29 is 37.1 Å². The molecule has 0 spiro atoms. The summed E-state index contributed by atoms with van der Waals surface area (Å²) >= 11 is 0. The Labute approximate surface area is 186 Å². The number of amides is 3. The maximum absolute atomic E-state index is 12.8. The highest BCUT2D eigenvalue weighted by Gasteiger charge is 2.37. The lowest BCUT2D eigenvalue weighted by molar-refractivity contribution is -0.151. The third kappa shape index (κ3) is 6.09. The minimum Gasteiger partial charge on any atom is -0.455 e. The Morgan fingerprint density at radius 2 is 1.85 bits per heavy atom. The van der Waals surface area contributed by atoms with Crippen LogP contribution in [0.15, 0.2) is 48.5 Å². The van der Waals surface area contributed by atoms with Gasteiger partial charge in [-0.25, -0.2) is 0 Å². The normalized spacial score (nSPS) is 15.8. The van der Waals surface area contributed by atoms with Crippen molar-refractivity contribution in [2.24, 2.45) is 5.92 Å². The molecular weight excluding hydrogens is 443 g/mol. The average Bonchev–Trinajstić information content (AvgIpc) is 3.12. The largest absolute Gasteiger partial charge is 0.455 e. The summed E-state index contributed by atoms with van der Waals surface area (Å²) in [6.45, 7) is 0.866. The molecule has 1 fully saturated rings. The van der Waals surface area contributed by atoms with Crippen LogP contribution >= 0.6 is 0 Å². The zero-order valence-electron chi connectivity index (χ0n) is 17.4. The van der Waals surface area contributed by atoms with E-state index < -0.39 is 48.0 Å². The number of hydrogen-bond donors (Lipinski definition) is 2. The van der Waals surface area contributed by atoms with Gasteiger partial charge in [-0.05, 0) is 36.8 Å². The number of aryl methyl sites for hydroxylation is 1. The molecule has 0 saturated carbocycles. The van der Waals surface area contributed by atoms with Gasteiger partial charge in [0.05, 0.1) is 18.0 Å². The molecule has 33 heavy (non-hydrogen) atoms. The fourth-order valence-corrected chi connectivity index (χ4v) is 3.21. The van der Waals surface area contributed by atoms with Crippen LogP contribution in [0.25, 0.3) is 0 Å². The van der Waals surface area contributed by atoms with E-state index in [9.17, 15) is 32.3 Å². The van der Waals surface area contributed by atoms with Gasteiger partial charge in [-0.15, -0.1) is 0 Å². The number of carbonyl (C=O) groups is 4. The maximum Gasteiger partial charge on any atom is 0.416 e. The van der Waals surface area contributed by atoms with E-state index in [4.69, 9.17) is 4.74 Å². The summed E-state index contributed by atoms with van der Waals surface area (Å²) in [5.41, 5.74) is 2.50. The first-order valence-corrected chi connectivity index (χ1v) is 9.85. The summed E-state index contributed by atoms with van der Waals surface area (Å²) in [6.07, 6.45) is -4.79. The molecule has 1 aliphatic heterocycles. The molecule has 11 heteroatoms. The third-order valence-corrected chi connectivity index (χ3v) is 4.90. The molecule has 0 aliphatic carbocycles. The predicted octanol–water partition coefficient (Wildman–Crippen LogP) is 2.69. The van der Waals surface area contributed by atoms with E-state index in [1.54, 1.807) is 31.2 Å². The highest BCUT2D eigenvalue weighted by atomic mass is 19.4. The first-order valence-electron chi connectivity index (χ1n) is 9.85. The number of hydrogen-bond acceptors (Lipinski definition) is 5. The van der Waals surface area contributed by atoms with Crippen molar-refractivity contribution in [2.45, 2.75) is 19.5 Å². The van der Waals surface area contributed by atoms with Gasteiger partial charge in [0, 0.05) is 17.7 Å². The fraction of sp³-hybridized carbons (Fsp3) is 0.273. The minimum absolute atomic E-state index is 0.105. The van der Waals surface area contributed by atoms with Crippen molar-refractivity contribution in [2.75, 3.05) is 18.5 Å². The van der Waals surface area contributed by atoms with Crippen molar-refractivity contribution in [3.63, 3.8) is 0 Å². The van der Waals surface area contributed by atoms with Crippen molar-refractivity contribution in [1.82, 2.24) is 10.4 Å². The molecule has 0 radical (unpaired) electrons. The number of nitrogens with zero attached hydrogens (tertiary/aromatic N) is 1. The lowest BCUT2D eigenvalue weighted by Crippen LogP contribution is -2.43. The molecule has 1 atom stereocenters. The summed E-state index contributed by atoms with van der Waals surface area (Å²) < 4.78 is 43.2. The number of rotatable bonds is 6. The van der Waals surface area contributed by atoms with Crippen molar-refractivity contribution >= 4 is 29.4 Å². The Hall–Kier alpha value is -3.89. The topological polar surface area (TPSA) is 105 Å². The first kappa shape index (κ1) is 23.8. The molecule has 3 rings (SSSR count). The van der Waals surface area contributed by atoms with Crippen molar-refractivity contribution in [3.8, 4) is 0 Å². The molecule has 0 bridgehead atoms. The Bertz CT molecular complexity index is 1090. The van der Waals surface area contributed by atoms with Gasteiger partial charge in [-0.2, -0.15) is 13.2 Å². The van der Waals surface area contributed by atoms with Gasteiger partial charge in [0.25, 0.3) is 11.8 Å². The average molecular weight is 463 g/mol. The third-order valence-electron chi connectivity index (χ3n) is 4.90. The summed E-state index contributed by atoms with van der Waals surface area (Å²) in [5.74, 6) is -3.58. The lowest BCUT2D eigenvalue weighted by atomic mass is 10.1. The molecular formula is C22H20F3N3O5. The van der Waals surface area contributed by atoms with Crippen LogP contribution in [0, 0.1) is 12.8 Å². The number of halogens is 3. The molecule has 1 heterocycles. The number of nitrogens with one attached hydrogen (secondary N) is 2. The second-order valence-electron chi connectivity index (χ2n) is 7.40. The van der Waals surface area contributed by atoms with E-state index in [1.165, 1.54) is 6.07 Å². The molecule has 2 N–H and O–H groups in total. The molecule has 174 valence electrons. The highest BCUT2D eigenvalue weighted by molar-refractivity contribution is 5.98. The minimum atomic E-state index is -4.57. The first-order chi connectivity index (χ1) is 15.5. The van der Waals surface area contributed by atoms with Gasteiger partial charge >= 0.3 is 12.1 Å². The van der Waals surface area contributed by atoms with Crippen LogP contribution in [0.5, 0.6) is 0 Å². The quantitative estimate of drug-likeness (QED) is 0.641. The van der Waals surface area contributed by atoms with Gasteiger partial charge in [-0.3, -0.25) is 29.6 Å². The Kier molecular flexibility index (Phi) is 7.00. The number of carbonyl (C=O) groups excluding carboxylic acids is 4. The fourth-order valence-electron chi connectivity index (χ4n) is 3.21. The molecule has 8 nitrogen and oxygen atoms in total. The molecule has 0 unspecified atom stereocenters. The van der Waals surface area contributed by atoms with Gasteiger partial charge in [-0.1, -0.05) is 24.3 Å². The van der Waals surface area contributed by atoms with E-state index in [0.29, 0.717) is 11.1 Å². The van der Waals surface area contributed by atoms with Crippen LogP contribution in [-0.4, -0.2) is 41.9 Å². The molecule has 2 aromatic rings. The SMILES string of the molecule is Cc1ccccc1C(=O)NN1C[C@H](C(=O)OCC(=O)Nc2cccc(C(F)(F)F)c2)CC1=O. The second kappa shape index (κ2) is 9.72. The Morgan fingerprint density at radius 3 is 2.55 bits per heavy atom. The van der Waals surface area contributed by atoms with Crippen LogP contribution in [-0.2, 0) is 25.3 Å². The smallest absolute Gasteiger partial charge is 0.416 e. The van der Waals surface area contributed by atoms with Crippen LogP contribution in [0.4, 0.5) is 18.9 Å². The van der Waals surface area contributed by atoms with Gasteiger partial charge in [0.15, 0.2) is 6.61 Å². The zero-order chi connectivity index (χ0) is 24.2. The zero-order valence-corrected chi connectivity index (χ0v) is 17.4. The Balaban J connectivity index is 1.50. The van der Waals surface area contributed by atoms with Crippen LogP contribution in [0.3, 0.4) is 0 Å². The summed E-state index contributed by atoms with van der Waals surface area (Å²) in [6, 6.07) is 10.8. The number of benzene rings is 2. The van der Waals surface area contributed by atoms with E-state index in [-0.39, 0.29) is 18.7 Å². The number of alkyl halides is 3. The molecule has 1 aliphatic rings. The second-order valence-corrected chi connectivity index (χ2v) is 7.40.